The average molecular weight is 244 g/mol. The van der Waals surface area contributed by atoms with Crippen molar-refractivity contribution in [3.63, 3.8) is 0 Å². The molecule has 1 fully saturated rings. The van der Waals surface area contributed by atoms with E-state index in [0.29, 0.717) is 6.04 Å². The lowest BCUT2D eigenvalue weighted by atomic mass is 10.1. The van der Waals surface area contributed by atoms with E-state index in [1.807, 2.05) is 0 Å². The summed E-state index contributed by atoms with van der Waals surface area (Å²) in [5.41, 5.74) is 3.04. The van der Waals surface area contributed by atoms with Crippen molar-refractivity contribution in [1.82, 2.24) is 4.90 Å². The first-order valence-corrected chi connectivity index (χ1v) is 7.31. The smallest absolute Gasteiger partial charge is 0.0458 e. The van der Waals surface area contributed by atoms with Gasteiger partial charge < -0.3 is 9.80 Å². The van der Waals surface area contributed by atoms with Crippen LogP contribution in [0.4, 0.5) is 5.69 Å². The standard InChI is InChI=1S/C16H24N2/c1-13(2)11-17-8-5-9-18-15(12-17)10-14-6-3-4-7-16(14)18/h3-4,6-7,13,15H,5,8-12H2,1-2H3. The molecule has 2 heteroatoms. The molecule has 0 spiro atoms. The molecule has 0 aliphatic carbocycles. The Morgan fingerprint density at radius 2 is 2.06 bits per heavy atom. The monoisotopic (exact) mass is 244 g/mol. The lowest BCUT2D eigenvalue weighted by Gasteiger charge is -2.28. The van der Waals surface area contributed by atoms with Crippen LogP contribution in [0.1, 0.15) is 25.8 Å². The summed E-state index contributed by atoms with van der Waals surface area (Å²) in [4.78, 5) is 5.32. The van der Waals surface area contributed by atoms with Gasteiger partial charge in [0, 0.05) is 31.4 Å². The Kier molecular flexibility index (Phi) is 3.29. The molecule has 1 unspecified atom stereocenters. The van der Waals surface area contributed by atoms with E-state index in [9.17, 15) is 0 Å². The minimum atomic E-state index is 0.712. The number of benzene rings is 1. The van der Waals surface area contributed by atoms with Crippen molar-refractivity contribution in [1.29, 1.82) is 0 Å². The molecule has 18 heavy (non-hydrogen) atoms. The third-order valence-electron chi connectivity index (χ3n) is 4.16. The Bertz CT molecular complexity index is 413. The van der Waals surface area contributed by atoms with Gasteiger partial charge in [0.05, 0.1) is 0 Å². The Balaban J connectivity index is 1.76. The first-order chi connectivity index (χ1) is 8.74. The summed E-state index contributed by atoms with van der Waals surface area (Å²) < 4.78 is 0. The molecule has 3 rings (SSSR count). The average Bonchev–Trinajstić information content (AvgIpc) is 2.55. The number of hydrogen-bond donors (Lipinski definition) is 0. The molecular weight excluding hydrogens is 220 g/mol. The van der Waals surface area contributed by atoms with E-state index in [1.54, 1.807) is 5.56 Å². The van der Waals surface area contributed by atoms with Crippen molar-refractivity contribution in [3.05, 3.63) is 29.8 Å². The van der Waals surface area contributed by atoms with Gasteiger partial charge in [-0.25, -0.2) is 0 Å². The van der Waals surface area contributed by atoms with E-state index in [2.05, 4.69) is 47.9 Å². The molecule has 98 valence electrons. The highest BCUT2D eigenvalue weighted by atomic mass is 15.3. The van der Waals surface area contributed by atoms with E-state index < -0.39 is 0 Å². The van der Waals surface area contributed by atoms with Gasteiger partial charge in [-0.1, -0.05) is 32.0 Å². The first-order valence-electron chi connectivity index (χ1n) is 7.31. The molecule has 2 aliphatic rings. The van der Waals surface area contributed by atoms with Crippen LogP contribution in [0, 0.1) is 5.92 Å². The fourth-order valence-electron chi connectivity index (χ4n) is 3.53. The zero-order valence-electron chi connectivity index (χ0n) is 11.6. The number of nitrogens with zero attached hydrogens (tertiary/aromatic N) is 2. The maximum absolute atomic E-state index is 2.67. The molecule has 0 radical (unpaired) electrons. The molecule has 2 aliphatic heterocycles. The molecule has 1 saturated heterocycles. The van der Waals surface area contributed by atoms with Gasteiger partial charge in [-0.15, -0.1) is 0 Å². The lowest BCUT2D eigenvalue weighted by molar-refractivity contribution is 0.244. The van der Waals surface area contributed by atoms with Crippen LogP contribution in [-0.2, 0) is 6.42 Å². The molecule has 0 N–H and O–H groups in total. The summed E-state index contributed by atoms with van der Waals surface area (Å²) in [5.74, 6) is 0.778. The van der Waals surface area contributed by atoms with E-state index >= 15 is 0 Å². The van der Waals surface area contributed by atoms with Crippen LogP contribution in [0.2, 0.25) is 0 Å². The summed E-state index contributed by atoms with van der Waals surface area (Å²) in [7, 11) is 0. The highest BCUT2D eigenvalue weighted by molar-refractivity contribution is 5.59. The predicted molar refractivity (Wildman–Crippen MR) is 77.2 cm³/mol. The van der Waals surface area contributed by atoms with Gasteiger partial charge >= 0.3 is 0 Å². The van der Waals surface area contributed by atoms with Gasteiger partial charge in [0.15, 0.2) is 0 Å². The minimum Gasteiger partial charge on any atom is -0.367 e. The van der Waals surface area contributed by atoms with Gasteiger partial charge in [0.1, 0.15) is 0 Å². The molecule has 0 amide bonds. The van der Waals surface area contributed by atoms with Gasteiger partial charge in [0.25, 0.3) is 0 Å². The van der Waals surface area contributed by atoms with Crippen molar-refractivity contribution in [2.45, 2.75) is 32.7 Å². The maximum atomic E-state index is 2.67. The summed E-state index contributed by atoms with van der Waals surface area (Å²) in [6.45, 7) is 9.65. The molecule has 0 bridgehead atoms. The largest absolute Gasteiger partial charge is 0.367 e. The van der Waals surface area contributed by atoms with Crippen LogP contribution >= 0.6 is 0 Å². The van der Waals surface area contributed by atoms with Crippen LogP contribution in [0.25, 0.3) is 0 Å². The fourth-order valence-corrected chi connectivity index (χ4v) is 3.53. The van der Waals surface area contributed by atoms with E-state index in [1.165, 1.54) is 44.7 Å². The summed E-state index contributed by atoms with van der Waals surface area (Å²) >= 11 is 0. The van der Waals surface area contributed by atoms with Crippen molar-refractivity contribution in [2.75, 3.05) is 31.1 Å². The highest BCUT2D eigenvalue weighted by Crippen LogP contribution is 2.33. The van der Waals surface area contributed by atoms with Gasteiger partial charge in [-0.05, 0) is 36.9 Å². The summed E-state index contributed by atoms with van der Waals surface area (Å²) in [6.07, 6.45) is 2.54. The Labute approximate surface area is 111 Å². The molecule has 0 aromatic heterocycles. The Morgan fingerprint density at radius 3 is 2.89 bits per heavy atom. The van der Waals surface area contributed by atoms with Crippen molar-refractivity contribution < 1.29 is 0 Å². The fraction of sp³-hybridized carbons (Fsp3) is 0.625. The second-order valence-corrected chi connectivity index (χ2v) is 6.19. The van der Waals surface area contributed by atoms with Gasteiger partial charge in [-0.2, -0.15) is 0 Å². The third-order valence-corrected chi connectivity index (χ3v) is 4.16. The van der Waals surface area contributed by atoms with Gasteiger partial charge in [-0.3, -0.25) is 0 Å². The van der Waals surface area contributed by atoms with Crippen LogP contribution in [-0.4, -0.2) is 37.1 Å². The number of rotatable bonds is 2. The van der Waals surface area contributed by atoms with Crippen LogP contribution in [0.3, 0.4) is 0 Å². The molecular formula is C16H24N2. The van der Waals surface area contributed by atoms with Crippen molar-refractivity contribution in [2.24, 2.45) is 5.92 Å². The topological polar surface area (TPSA) is 6.48 Å². The van der Waals surface area contributed by atoms with Crippen LogP contribution < -0.4 is 4.90 Å². The van der Waals surface area contributed by atoms with Crippen molar-refractivity contribution >= 4 is 5.69 Å². The lowest BCUT2D eigenvalue weighted by Crippen LogP contribution is -2.40. The molecule has 2 heterocycles. The maximum Gasteiger partial charge on any atom is 0.0458 e. The summed E-state index contributed by atoms with van der Waals surface area (Å²) in [5, 5.41) is 0. The van der Waals surface area contributed by atoms with E-state index in [-0.39, 0.29) is 0 Å². The molecule has 1 atom stereocenters. The first kappa shape index (κ1) is 12.0. The second-order valence-electron chi connectivity index (χ2n) is 6.19. The highest BCUT2D eigenvalue weighted by Gasteiger charge is 2.31. The predicted octanol–water partition coefficient (Wildman–Crippen LogP) is 2.78. The molecule has 1 aromatic carbocycles. The number of fused-ring (bicyclic) bond motifs is 3. The number of para-hydroxylation sites is 1. The molecule has 2 nitrogen and oxygen atoms in total. The molecule has 0 saturated carbocycles. The third kappa shape index (κ3) is 2.26. The summed E-state index contributed by atoms with van der Waals surface area (Å²) in [6, 6.07) is 9.67. The minimum absolute atomic E-state index is 0.712. The normalized spacial score (nSPS) is 23.9. The number of hydrogen-bond acceptors (Lipinski definition) is 2. The Hall–Kier alpha value is -1.02. The SMILES string of the molecule is CC(C)CN1CCCN2c3ccccc3CC2C1. The zero-order chi connectivity index (χ0) is 12.5. The molecule has 1 aromatic rings. The van der Waals surface area contributed by atoms with Crippen LogP contribution in [0.15, 0.2) is 24.3 Å². The Morgan fingerprint density at radius 1 is 1.22 bits per heavy atom. The second kappa shape index (κ2) is 4.93. The zero-order valence-corrected chi connectivity index (χ0v) is 11.6. The van der Waals surface area contributed by atoms with Crippen LogP contribution in [0.5, 0.6) is 0 Å². The quantitative estimate of drug-likeness (QED) is 0.789. The van der Waals surface area contributed by atoms with E-state index in [0.717, 1.165) is 5.92 Å². The van der Waals surface area contributed by atoms with Crippen molar-refractivity contribution in [3.8, 4) is 0 Å². The van der Waals surface area contributed by atoms with Gasteiger partial charge in [0.2, 0.25) is 0 Å². The number of anilines is 1. The van der Waals surface area contributed by atoms with E-state index in [4.69, 9.17) is 0 Å².